The third kappa shape index (κ3) is 5.54. The second-order valence-corrected chi connectivity index (χ2v) is 20.6. The van der Waals surface area contributed by atoms with Gasteiger partial charge >= 0.3 is 85.7 Å². The summed E-state index contributed by atoms with van der Waals surface area (Å²) in [6, 6.07) is 0. The van der Waals surface area contributed by atoms with E-state index < -0.39 is 0 Å². The van der Waals surface area contributed by atoms with Crippen LogP contribution in [-0.2, 0) is 0 Å². The van der Waals surface area contributed by atoms with Crippen LogP contribution in [0.3, 0.4) is 0 Å². The standard InChI is InChI=1S/S8Se/c1-2-4-6-8-9-7-5-3-1. The average molecular weight is 335 g/mol. The SMILES string of the molecule is s1ssss[se]sss1. The quantitative estimate of drug-likeness (QED) is 0.480. The molecule has 0 aromatic carbocycles. The van der Waals surface area contributed by atoms with Crippen LogP contribution in [0.25, 0.3) is 0 Å². The van der Waals surface area contributed by atoms with E-state index in [0.29, 0.717) is 12.2 Å². The molecule has 0 saturated heterocycles. The van der Waals surface area contributed by atoms with Crippen molar-refractivity contribution in [2.75, 3.05) is 0 Å². The fourth-order valence-electron chi connectivity index (χ4n) is 0.102. The van der Waals surface area contributed by atoms with Crippen molar-refractivity contribution in [3.05, 3.63) is 0 Å². The summed E-state index contributed by atoms with van der Waals surface area (Å²) in [7, 11) is 15.2. The van der Waals surface area contributed by atoms with Crippen molar-refractivity contribution in [3.63, 3.8) is 0 Å². The van der Waals surface area contributed by atoms with Crippen molar-refractivity contribution in [2.45, 2.75) is 0 Å². The van der Waals surface area contributed by atoms with Crippen molar-refractivity contribution >= 4 is 85.7 Å². The van der Waals surface area contributed by atoms with Gasteiger partial charge in [0.15, 0.2) is 0 Å². The summed E-state index contributed by atoms with van der Waals surface area (Å²) in [5.74, 6) is 0. The van der Waals surface area contributed by atoms with Crippen molar-refractivity contribution in [2.24, 2.45) is 0 Å². The summed E-state index contributed by atoms with van der Waals surface area (Å²) in [6.07, 6.45) is 0. The van der Waals surface area contributed by atoms with Crippen molar-refractivity contribution in [1.82, 2.24) is 0 Å². The Morgan fingerprint density at radius 2 is 1.00 bits per heavy atom. The van der Waals surface area contributed by atoms with Gasteiger partial charge in [0.2, 0.25) is 0 Å². The molecule has 0 spiro atoms. The molecule has 0 fully saturated rings. The molecule has 0 saturated carbocycles. The maximum atomic E-state index is 1.98. The average Bonchev–Trinajstić information content (AvgIpc) is 2.00. The topological polar surface area (TPSA) is 0 Å². The zero-order valence-corrected chi connectivity index (χ0v) is 11.9. The van der Waals surface area contributed by atoms with Crippen LogP contribution in [0.5, 0.6) is 0 Å². The fourth-order valence-corrected chi connectivity index (χ4v) is 34.9. The molecule has 9 heteroatoms. The molecule has 1 aromatic heterocycles. The number of rotatable bonds is 0. The Kier molecular flexibility index (Phi) is 7.24. The summed E-state index contributed by atoms with van der Waals surface area (Å²) in [5.41, 5.74) is 0. The minimum atomic E-state index is 0.709. The molecule has 0 amide bonds. The van der Waals surface area contributed by atoms with Crippen molar-refractivity contribution in [3.8, 4) is 0 Å². The first-order valence-electron chi connectivity index (χ1n) is 1.50. The zero-order chi connectivity index (χ0) is 6.36. The van der Waals surface area contributed by atoms with Crippen LogP contribution in [0, 0.1) is 0 Å². The normalized spacial score (nSPS) is 8.00. The van der Waals surface area contributed by atoms with Crippen LogP contribution in [0.15, 0.2) is 0 Å². The number of hydrogen-bond donors (Lipinski definition) is 0. The van der Waals surface area contributed by atoms with Crippen LogP contribution in [0.4, 0.5) is 0 Å². The third-order valence-electron chi connectivity index (χ3n) is 0.250. The molecule has 0 bridgehead atoms. The summed E-state index contributed by atoms with van der Waals surface area (Å²) in [6.45, 7) is 0. The van der Waals surface area contributed by atoms with Gasteiger partial charge in [-0.1, -0.05) is 0 Å². The summed E-state index contributed by atoms with van der Waals surface area (Å²) in [4.78, 5) is 0. The number of hydrogen-bond acceptors (Lipinski definition) is 8. The first-order chi connectivity index (χ1) is 4.50. The van der Waals surface area contributed by atoms with Gasteiger partial charge in [-0.15, -0.1) is 0 Å². The Morgan fingerprint density at radius 1 is 0.556 bits per heavy atom. The van der Waals surface area contributed by atoms with E-state index in [2.05, 4.69) is 0 Å². The molecular formula is S8Se. The zero-order valence-electron chi connectivity index (χ0n) is 3.67. The molecule has 0 aliphatic carbocycles. The van der Waals surface area contributed by atoms with E-state index in [0.717, 1.165) is 0 Å². The van der Waals surface area contributed by atoms with Gasteiger partial charge in [-0.05, 0) is 0 Å². The summed E-state index contributed by atoms with van der Waals surface area (Å²) in [5, 5.41) is 0. The fraction of sp³-hybridized carbons (Fsp3) is 0. The Hall–Kier alpha value is 2.28. The third-order valence-corrected chi connectivity index (χ3v) is 26.8. The second-order valence-electron chi connectivity index (χ2n) is 0.612. The van der Waals surface area contributed by atoms with E-state index in [4.69, 9.17) is 0 Å². The van der Waals surface area contributed by atoms with E-state index in [1.54, 1.807) is 0 Å². The molecule has 0 unspecified atom stereocenters. The van der Waals surface area contributed by atoms with Crippen LogP contribution in [-0.4, -0.2) is 12.2 Å². The van der Waals surface area contributed by atoms with Gasteiger partial charge in [-0.2, -0.15) is 0 Å². The van der Waals surface area contributed by atoms with E-state index >= 15 is 0 Å². The van der Waals surface area contributed by atoms with Gasteiger partial charge < -0.3 is 0 Å². The molecule has 0 atom stereocenters. The first-order valence-corrected chi connectivity index (χ1v) is 15.7. The molecule has 0 aliphatic rings. The molecule has 1 heterocycles. The summed E-state index contributed by atoms with van der Waals surface area (Å²) >= 11 is 0.709. The Morgan fingerprint density at radius 3 is 1.56 bits per heavy atom. The van der Waals surface area contributed by atoms with Gasteiger partial charge in [0.25, 0.3) is 0 Å². The molecule has 0 N–H and O–H groups in total. The van der Waals surface area contributed by atoms with Gasteiger partial charge in [-0.25, -0.2) is 0 Å². The van der Waals surface area contributed by atoms with Gasteiger partial charge in [0, 0.05) is 0 Å². The van der Waals surface area contributed by atoms with Crippen LogP contribution in [0.1, 0.15) is 0 Å². The molecule has 54 valence electrons. The molecule has 0 nitrogen and oxygen atoms in total. The minimum absolute atomic E-state index is 0.709. The molecule has 1 rings (SSSR count). The molecule has 0 aliphatic heterocycles. The molecular weight excluding hydrogens is 335 g/mol. The van der Waals surface area contributed by atoms with Crippen molar-refractivity contribution in [1.29, 1.82) is 0 Å². The van der Waals surface area contributed by atoms with Gasteiger partial charge in [0.05, 0.1) is 0 Å². The predicted molar refractivity (Wildman–Crippen MR) is 59.3 cm³/mol. The first kappa shape index (κ1) is 9.37. The van der Waals surface area contributed by atoms with Gasteiger partial charge in [0.1, 0.15) is 0 Å². The molecule has 0 radical (unpaired) electrons. The monoisotopic (exact) mass is 336 g/mol. The molecule has 1 aromatic rings. The Balaban J connectivity index is 3.04. The second kappa shape index (κ2) is 6.96. The predicted octanol–water partition coefficient (Wildman–Crippen LogP) is 4.61. The van der Waals surface area contributed by atoms with Gasteiger partial charge in [-0.3, -0.25) is 0 Å². The van der Waals surface area contributed by atoms with E-state index in [1.165, 1.54) is 0 Å². The van der Waals surface area contributed by atoms with Crippen LogP contribution in [0.2, 0.25) is 0 Å². The van der Waals surface area contributed by atoms with E-state index in [-0.39, 0.29) is 0 Å². The Bertz CT molecular complexity index is 126. The van der Waals surface area contributed by atoms with E-state index in [1.807, 2.05) is 73.5 Å². The summed E-state index contributed by atoms with van der Waals surface area (Å²) < 4.78 is 0. The van der Waals surface area contributed by atoms with Crippen molar-refractivity contribution < 1.29 is 0 Å². The van der Waals surface area contributed by atoms with Crippen LogP contribution >= 0.6 is 73.5 Å². The molecule has 9 heavy (non-hydrogen) atoms. The Labute approximate surface area is 84.2 Å². The van der Waals surface area contributed by atoms with Crippen LogP contribution < -0.4 is 0 Å². The van der Waals surface area contributed by atoms with E-state index in [9.17, 15) is 0 Å². The maximum absolute atomic E-state index is 1.98.